The summed E-state index contributed by atoms with van der Waals surface area (Å²) in [4.78, 5) is 20.7. The van der Waals surface area contributed by atoms with Crippen molar-refractivity contribution in [2.45, 2.75) is 31.0 Å². The molecule has 7 nitrogen and oxygen atoms in total. The highest BCUT2D eigenvalue weighted by Gasteiger charge is 2.64. The van der Waals surface area contributed by atoms with E-state index < -0.39 is 29.4 Å². The smallest absolute Gasteiger partial charge is 0.322 e. The van der Waals surface area contributed by atoms with Crippen LogP contribution < -0.4 is 10.2 Å². The van der Waals surface area contributed by atoms with Crippen LogP contribution in [0, 0.1) is 17.6 Å². The van der Waals surface area contributed by atoms with Gasteiger partial charge in [-0.2, -0.15) is 5.10 Å². The van der Waals surface area contributed by atoms with Crippen molar-refractivity contribution >= 4 is 23.2 Å². The van der Waals surface area contributed by atoms with Crippen molar-refractivity contribution in [2.75, 3.05) is 29.9 Å². The Hall–Kier alpha value is -3.30. The lowest BCUT2D eigenvalue weighted by Crippen LogP contribution is -2.34. The van der Waals surface area contributed by atoms with Gasteiger partial charge in [-0.05, 0) is 49.4 Å². The summed E-state index contributed by atoms with van der Waals surface area (Å²) in [7, 11) is 0. The molecule has 6 rings (SSSR count). The Labute approximate surface area is 181 Å². The van der Waals surface area contributed by atoms with E-state index in [1.54, 1.807) is 12.3 Å². The topological polar surface area (TPSA) is 65.8 Å². The number of amides is 2. The molecule has 0 bridgehead atoms. The van der Waals surface area contributed by atoms with Crippen LogP contribution >= 0.6 is 0 Å². The van der Waals surface area contributed by atoms with Crippen molar-refractivity contribution in [2.24, 2.45) is 5.92 Å². The van der Waals surface area contributed by atoms with Gasteiger partial charge in [-0.1, -0.05) is 0 Å². The number of likely N-dealkylation sites (tertiary alicyclic amines) is 1. The Morgan fingerprint density at radius 1 is 1.19 bits per heavy atom. The van der Waals surface area contributed by atoms with Crippen molar-refractivity contribution < 1.29 is 18.0 Å². The van der Waals surface area contributed by atoms with Gasteiger partial charge >= 0.3 is 6.03 Å². The fraction of sp³-hybridized carbons (Fsp3) is 0.409. The Morgan fingerprint density at radius 3 is 2.84 bits per heavy atom. The van der Waals surface area contributed by atoms with E-state index in [1.807, 2.05) is 4.90 Å². The third kappa shape index (κ3) is 2.85. The van der Waals surface area contributed by atoms with Crippen molar-refractivity contribution in [3.05, 3.63) is 53.9 Å². The number of piperidine rings is 1. The van der Waals surface area contributed by atoms with E-state index in [4.69, 9.17) is 4.98 Å². The highest BCUT2D eigenvalue weighted by molar-refractivity contribution is 5.93. The summed E-state index contributed by atoms with van der Waals surface area (Å²) in [5, 5.41) is 7.00. The fourth-order valence-corrected chi connectivity index (χ4v) is 5.29. The first-order valence-electron chi connectivity index (χ1n) is 10.7. The number of carbonyl (C=O) groups is 1. The molecule has 3 atom stereocenters. The van der Waals surface area contributed by atoms with E-state index >= 15 is 0 Å². The highest BCUT2D eigenvalue weighted by Crippen LogP contribution is 2.63. The molecule has 2 amide bonds. The number of carbonyl (C=O) groups excluding carboxylic acids is 1. The molecule has 1 aliphatic carbocycles. The van der Waals surface area contributed by atoms with Gasteiger partial charge in [0.05, 0.1) is 18.3 Å². The molecule has 1 N–H and O–H groups in total. The van der Waals surface area contributed by atoms with Crippen LogP contribution in [0.4, 0.5) is 29.5 Å². The molecule has 166 valence electrons. The molecule has 2 aliphatic heterocycles. The normalized spacial score (nSPS) is 26.6. The first-order valence-corrected chi connectivity index (χ1v) is 10.7. The Morgan fingerprint density at radius 2 is 2.06 bits per heavy atom. The number of hydrogen-bond acceptors (Lipinski definition) is 4. The minimum absolute atomic E-state index is 0.0700. The highest BCUT2D eigenvalue weighted by atomic mass is 19.1. The molecule has 3 aliphatic rings. The summed E-state index contributed by atoms with van der Waals surface area (Å²) >= 11 is 0. The molecule has 2 aromatic heterocycles. The monoisotopic (exact) mass is 442 g/mol. The predicted molar refractivity (Wildman–Crippen MR) is 111 cm³/mol. The van der Waals surface area contributed by atoms with Crippen LogP contribution in [-0.2, 0) is 5.54 Å². The number of fused-ring (bicyclic) bond motifs is 2. The van der Waals surface area contributed by atoms with Gasteiger partial charge in [0.15, 0.2) is 5.65 Å². The maximum atomic E-state index is 14.7. The zero-order valence-corrected chi connectivity index (χ0v) is 17.1. The van der Waals surface area contributed by atoms with Crippen LogP contribution in [-0.4, -0.2) is 51.3 Å². The molecule has 32 heavy (non-hydrogen) atoms. The van der Waals surface area contributed by atoms with Gasteiger partial charge in [0.1, 0.15) is 29.3 Å². The van der Waals surface area contributed by atoms with Crippen molar-refractivity contribution in [1.82, 2.24) is 19.5 Å². The third-order valence-electron chi connectivity index (χ3n) is 6.94. The molecule has 0 spiro atoms. The molecule has 3 aromatic rings. The summed E-state index contributed by atoms with van der Waals surface area (Å²) in [5.41, 5.74) is 0.605. The summed E-state index contributed by atoms with van der Waals surface area (Å²) in [5.74, 6) is -0.0299. The number of hydrogen-bond donors (Lipinski definition) is 1. The molecule has 1 saturated carbocycles. The van der Waals surface area contributed by atoms with Gasteiger partial charge in [0.25, 0.3) is 0 Å². The molecule has 1 aromatic carbocycles. The average Bonchev–Trinajstić information content (AvgIpc) is 3.10. The Balaban J connectivity index is 1.33. The minimum Gasteiger partial charge on any atom is -0.346 e. The van der Waals surface area contributed by atoms with E-state index in [2.05, 4.69) is 10.4 Å². The molecular formula is C22H21F3N6O. The van der Waals surface area contributed by atoms with Crippen LogP contribution in [0.3, 0.4) is 0 Å². The van der Waals surface area contributed by atoms with Gasteiger partial charge in [0, 0.05) is 24.8 Å². The van der Waals surface area contributed by atoms with E-state index in [0.29, 0.717) is 42.2 Å². The lowest BCUT2D eigenvalue weighted by atomic mass is 10.0. The van der Waals surface area contributed by atoms with E-state index in [1.165, 1.54) is 27.7 Å². The summed E-state index contributed by atoms with van der Waals surface area (Å²) < 4.78 is 43.6. The number of nitrogens with zero attached hydrogens (tertiary/aromatic N) is 5. The second-order valence-electron chi connectivity index (χ2n) is 8.76. The molecule has 0 radical (unpaired) electrons. The van der Waals surface area contributed by atoms with E-state index in [9.17, 15) is 18.0 Å². The largest absolute Gasteiger partial charge is 0.346 e. The van der Waals surface area contributed by atoms with Crippen LogP contribution in [0.25, 0.3) is 5.65 Å². The number of rotatable bonds is 3. The molecule has 0 unspecified atom stereocenters. The maximum absolute atomic E-state index is 14.7. The molecule has 4 heterocycles. The van der Waals surface area contributed by atoms with Crippen molar-refractivity contribution in [3.63, 3.8) is 0 Å². The number of halogens is 3. The number of urea groups is 1. The fourth-order valence-electron chi connectivity index (χ4n) is 5.29. The van der Waals surface area contributed by atoms with Crippen molar-refractivity contribution in [3.8, 4) is 0 Å². The lowest BCUT2D eigenvalue weighted by Gasteiger charge is -2.30. The number of anilines is 2. The van der Waals surface area contributed by atoms with Crippen LogP contribution in [0.2, 0.25) is 0 Å². The first-order chi connectivity index (χ1) is 15.5. The standard InChI is InChI=1S/C22H21F3N6O/c23-14-1-2-17(25)16(9-14)22-10-13(22)3-7-30(22)19-5-8-31-20(28-19)18(11-26-31)27-21(32)29-6-4-15(24)12-29/h1-2,5,8-9,11,13,15H,3-4,6-7,10,12H2,(H,27,32)/t13-,15-,22+/m0/s1. The third-order valence-corrected chi connectivity index (χ3v) is 6.94. The quantitative estimate of drug-likeness (QED) is 0.672. The second kappa shape index (κ2) is 6.85. The minimum atomic E-state index is -1.00. The number of alkyl halides is 1. The first kappa shape index (κ1) is 19.4. The molecule has 2 saturated heterocycles. The van der Waals surface area contributed by atoms with Gasteiger partial charge in [-0.3, -0.25) is 0 Å². The predicted octanol–water partition coefficient (Wildman–Crippen LogP) is 3.71. The summed E-state index contributed by atoms with van der Waals surface area (Å²) in [6.07, 6.45) is 4.16. The zero-order valence-electron chi connectivity index (χ0n) is 17.1. The average molecular weight is 442 g/mol. The molecule has 3 fully saturated rings. The molecule has 10 heteroatoms. The summed E-state index contributed by atoms with van der Waals surface area (Å²) in [6, 6.07) is 4.98. The number of benzene rings is 1. The maximum Gasteiger partial charge on any atom is 0.322 e. The Kier molecular flexibility index (Phi) is 4.15. The van der Waals surface area contributed by atoms with Gasteiger partial charge in [0.2, 0.25) is 0 Å². The lowest BCUT2D eigenvalue weighted by molar-refractivity contribution is 0.218. The van der Waals surface area contributed by atoms with Crippen LogP contribution in [0.5, 0.6) is 0 Å². The number of aromatic nitrogens is 3. The SMILES string of the molecule is O=C(Nc1cnn2ccc(N3CC[C@H]4C[C@]43c3cc(F)ccc3F)nc12)N1CC[C@H](F)C1. The molecular weight excluding hydrogens is 421 g/mol. The zero-order chi connectivity index (χ0) is 22.0. The van der Waals surface area contributed by atoms with Gasteiger partial charge < -0.3 is 15.1 Å². The van der Waals surface area contributed by atoms with E-state index in [0.717, 1.165) is 18.9 Å². The van der Waals surface area contributed by atoms with Crippen molar-refractivity contribution in [1.29, 1.82) is 0 Å². The van der Waals surface area contributed by atoms with Gasteiger partial charge in [-0.15, -0.1) is 0 Å². The number of nitrogens with one attached hydrogen (secondary N) is 1. The van der Waals surface area contributed by atoms with Crippen LogP contribution in [0.15, 0.2) is 36.7 Å². The van der Waals surface area contributed by atoms with E-state index in [-0.39, 0.29) is 12.5 Å². The van der Waals surface area contributed by atoms with Crippen LogP contribution in [0.1, 0.15) is 24.8 Å². The Bertz CT molecular complexity index is 1230. The van der Waals surface area contributed by atoms with Gasteiger partial charge in [-0.25, -0.2) is 27.5 Å². The second-order valence-corrected chi connectivity index (χ2v) is 8.76. The summed E-state index contributed by atoms with van der Waals surface area (Å²) in [6.45, 7) is 1.10.